The molecule has 1 heterocycles. The number of hydrogen-bond acceptors (Lipinski definition) is 7. The van der Waals surface area contributed by atoms with Crippen LogP contribution in [0.3, 0.4) is 0 Å². The minimum absolute atomic E-state index is 0.0548. The number of rotatable bonds is 11. The third kappa shape index (κ3) is 14.6. The quantitative estimate of drug-likeness (QED) is 0.105. The smallest absolute Gasteiger partial charge is 0.227 e. The van der Waals surface area contributed by atoms with Crippen LogP contribution in [0.15, 0.2) is 60.2 Å². The molecule has 50 heavy (non-hydrogen) atoms. The van der Waals surface area contributed by atoms with Crippen LogP contribution in [0, 0.1) is 5.92 Å². The van der Waals surface area contributed by atoms with Crippen molar-refractivity contribution in [3.63, 3.8) is 0 Å². The summed E-state index contributed by atoms with van der Waals surface area (Å²) in [5, 5.41) is 3.09. The summed E-state index contributed by atoms with van der Waals surface area (Å²) in [6, 6.07) is 4.85. The average Bonchev–Trinajstić information content (AvgIpc) is 3.02. The van der Waals surface area contributed by atoms with Gasteiger partial charge in [0.2, 0.25) is 5.91 Å². The lowest BCUT2D eigenvalue weighted by molar-refractivity contribution is -0.117. The van der Waals surface area contributed by atoms with Crippen molar-refractivity contribution in [3.8, 4) is 11.5 Å². The molecule has 0 aliphatic carbocycles. The number of fused-ring (bicyclic) bond motifs is 2. The van der Waals surface area contributed by atoms with Crippen molar-refractivity contribution in [3.05, 3.63) is 65.8 Å². The van der Waals surface area contributed by atoms with Gasteiger partial charge in [-0.05, 0) is 62.0 Å². The Hall–Kier alpha value is -2.48. The van der Waals surface area contributed by atoms with Crippen LogP contribution >= 0.6 is 0 Å². The number of carbonyl (C=O) groups excluding carboxylic acids is 1. The van der Waals surface area contributed by atoms with E-state index in [9.17, 15) is 4.79 Å². The van der Waals surface area contributed by atoms with Gasteiger partial charge in [-0.2, -0.15) is 0 Å². The molecule has 1 aromatic rings. The second kappa shape index (κ2) is 20.5. The van der Waals surface area contributed by atoms with Crippen molar-refractivity contribution < 1.29 is 32.9 Å². The van der Waals surface area contributed by atoms with Gasteiger partial charge in [-0.15, -0.1) is 0 Å². The third-order valence-electron chi connectivity index (χ3n) is 9.68. The number of aryl methyl sites for hydroxylation is 1. The monoisotopic (exact) mass is 729 g/mol. The topological polar surface area (TPSA) is 84.5 Å². The molecule has 0 saturated heterocycles. The first-order valence-electron chi connectivity index (χ1n) is 18.0. The lowest BCUT2D eigenvalue weighted by Gasteiger charge is -2.42. The van der Waals surface area contributed by atoms with Gasteiger partial charge in [-0.25, -0.2) is 0 Å². The molecule has 0 aromatic heterocycles. The van der Waals surface area contributed by atoms with Gasteiger partial charge in [0, 0.05) is 39.3 Å². The van der Waals surface area contributed by atoms with E-state index in [1.807, 2.05) is 30.4 Å². The molecule has 0 radical (unpaired) electrons. The molecule has 1 amide bonds. The standard InChI is InChI=1S/C40H67NO7Si2/c1-30-20-19-21-32-26-34(44-7)27-35(39(32)45-8)41-37(42)28-33(43-6)22-17-15-14-16-18-23-36(48-50(12,13)40(3,4)5)31(2)38(30)47-29-46-24-25-49(9,10)11/h14-18,20,22,26-27,31,33,36,38H,19,21,23-25,28-29H2,1-13H3,(H,41,42)/b15-14+,18-16?,22-17-,30-20-/t31-,33-,36-,38-/m0/s1. The molecule has 2 rings (SSSR count). The number of allylic oxidation sites excluding steroid dienone is 5. The maximum atomic E-state index is 13.1. The van der Waals surface area contributed by atoms with E-state index in [0.29, 0.717) is 30.2 Å². The average molecular weight is 730 g/mol. The van der Waals surface area contributed by atoms with E-state index >= 15 is 0 Å². The van der Waals surface area contributed by atoms with Gasteiger partial charge in [0.25, 0.3) is 0 Å². The fourth-order valence-electron chi connectivity index (χ4n) is 5.47. The van der Waals surface area contributed by atoms with Gasteiger partial charge in [0.15, 0.2) is 8.32 Å². The van der Waals surface area contributed by atoms with Gasteiger partial charge in [-0.1, -0.05) is 89.9 Å². The van der Waals surface area contributed by atoms with Gasteiger partial charge in [0.05, 0.1) is 44.6 Å². The first kappa shape index (κ1) is 43.7. The van der Waals surface area contributed by atoms with E-state index in [0.717, 1.165) is 30.0 Å². The van der Waals surface area contributed by atoms with Crippen LogP contribution in [0.25, 0.3) is 0 Å². The Morgan fingerprint density at radius 2 is 1.66 bits per heavy atom. The highest BCUT2D eigenvalue weighted by molar-refractivity contribution is 6.76. The van der Waals surface area contributed by atoms with E-state index in [-0.39, 0.29) is 48.4 Å². The SMILES string of the molecule is COc1cc2c(OC)c(c1)NC(=O)C[C@@H](OC)/C=C\C=C\C=CC[C@H](O[Si](C)(C)C(C)(C)C)[C@H](C)[C@@H](OCOCC[Si](C)(C)C)/C(C)=C\CC2. The zero-order chi connectivity index (χ0) is 37.5. The van der Waals surface area contributed by atoms with Crippen LogP contribution in [0.4, 0.5) is 5.69 Å². The Morgan fingerprint density at radius 1 is 0.960 bits per heavy atom. The van der Waals surface area contributed by atoms with Crippen LogP contribution in [-0.4, -0.2) is 75.3 Å². The minimum Gasteiger partial charge on any atom is -0.497 e. The van der Waals surface area contributed by atoms with Gasteiger partial charge in [-0.3, -0.25) is 4.79 Å². The molecule has 0 unspecified atom stereocenters. The van der Waals surface area contributed by atoms with Crippen molar-refractivity contribution in [2.45, 2.75) is 122 Å². The number of amides is 1. The molecule has 1 N–H and O–H groups in total. The molecular formula is C40H67NO7Si2. The van der Waals surface area contributed by atoms with Crippen molar-refractivity contribution >= 4 is 28.0 Å². The maximum absolute atomic E-state index is 13.1. The third-order valence-corrected chi connectivity index (χ3v) is 15.9. The lowest BCUT2D eigenvalue weighted by atomic mass is 9.90. The minimum atomic E-state index is -2.11. The Morgan fingerprint density at radius 3 is 2.28 bits per heavy atom. The molecule has 1 aliphatic rings. The van der Waals surface area contributed by atoms with Crippen LogP contribution in [0.1, 0.15) is 59.4 Å². The van der Waals surface area contributed by atoms with Crippen molar-refractivity contribution in [2.75, 3.05) is 40.0 Å². The predicted octanol–water partition coefficient (Wildman–Crippen LogP) is 9.72. The number of hydrogen-bond donors (Lipinski definition) is 1. The summed E-state index contributed by atoms with van der Waals surface area (Å²) in [6.45, 7) is 23.9. The highest BCUT2D eigenvalue weighted by atomic mass is 28.4. The summed E-state index contributed by atoms with van der Waals surface area (Å²) in [5.74, 6) is 1.14. The molecule has 8 nitrogen and oxygen atoms in total. The summed E-state index contributed by atoms with van der Waals surface area (Å²) in [5.41, 5.74) is 2.64. The number of benzene rings is 1. The summed E-state index contributed by atoms with van der Waals surface area (Å²) >= 11 is 0. The largest absolute Gasteiger partial charge is 0.497 e. The Balaban J connectivity index is 2.58. The Labute approximate surface area is 305 Å². The number of carbonyl (C=O) groups is 1. The van der Waals surface area contributed by atoms with Crippen molar-refractivity contribution in [1.82, 2.24) is 0 Å². The highest BCUT2D eigenvalue weighted by Crippen LogP contribution is 2.40. The highest BCUT2D eigenvalue weighted by Gasteiger charge is 2.41. The van der Waals surface area contributed by atoms with Crippen LogP contribution < -0.4 is 14.8 Å². The molecular weight excluding hydrogens is 663 g/mol. The lowest BCUT2D eigenvalue weighted by Crippen LogP contribution is -2.47. The molecule has 1 aliphatic heterocycles. The van der Waals surface area contributed by atoms with Crippen LogP contribution in [0.5, 0.6) is 11.5 Å². The fraction of sp³-hybridized carbons (Fsp3) is 0.625. The second-order valence-electron chi connectivity index (χ2n) is 16.0. The molecule has 2 bridgehead atoms. The molecule has 4 atom stereocenters. The van der Waals surface area contributed by atoms with Crippen LogP contribution in [0.2, 0.25) is 43.8 Å². The van der Waals surface area contributed by atoms with E-state index in [2.05, 4.69) is 90.9 Å². The van der Waals surface area contributed by atoms with Crippen molar-refractivity contribution in [2.24, 2.45) is 5.92 Å². The normalized spacial score (nSPS) is 24.3. The number of nitrogens with one attached hydrogen (secondary N) is 1. The maximum Gasteiger partial charge on any atom is 0.227 e. The van der Waals surface area contributed by atoms with E-state index in [1.54, 1.807) is 27.4 Å². The van der Waals surface area contributed by atoms with Crippen molar-refractivity contribution in [1.29, 1.82) is 0 Å². The summed E-state index contributed by atoms with van der Waals surface area (Å²) < 4.78 is 36.9. The molecule has 282 valence electrons. The first-order chi connectivity index (χ1) is 23.4. The Bertz CT molecular complexity index is 1320. The van der Waals surface area contributed by atoms with E-state index in [4.69, 9.17) is 28.1 Å². The summed E-state index contributed by atoms with van der Waals surface area (Å²) in [4.78, 5) is 13.1. The summed E-state index contributed by atoms with van der Waals surface area (Å²) in [7, 11) is 1.52. The first-order valence-corrected chi connectivity index (χ1v) is 24.6. The zero-order valence-electron chi connectivity index (χ0n) is 33.3. The summed E-state index contributed by atoms with van der Waals surface area (Å²) in [6.07, 6.45) is 15.9. The number of anilines is 1. The van der Waals surface area contributed by atoms with E-state index < -0.39 is 16.4 Å². The molecule has 10 heteroatoms. The Kier molecular flexibility index (Phi) is 17.9. The molecule has 1 aromatic carbocycles. The van der Waals surface area contributed by atoms with Gasteiger partial charge < -0.3 is 33.4 Å². The molecule has 0 saturated carbocycles. The van der Waals surface area contributed by atoms with Gasteiger partial charge >= 0.3 is 0 Å². The number of methoxy groups -OCH3 is 3. The zero-order valence-corrected chi connectivity index (χ0v) is 35.3. The fourth-order valence-corrected chi connectivity index (χ4v) is 7.65. The van der Waals surface area contributed by atoms with E-state index in [1.165, 1.54) is 0 Å². The molecule has 0 fully saturated rings. The second-order valence-corrected chi connectivity index (χ2v) is 26.4. The number of ether oxygens (including phenoxy) is 5. The van der Waals surface area contributed by atoms with Crippen LogP contribution in [-0.2, 0) is 29.9 Å². The predicted molar refractivity (Wildman–Crippen MR) is 213 cm³/mol. The van der Waals surface area contributed by atoms with Gasteiger partial charge in [0.1, 0.15) is 18.3 Å². The molecule has 0 spiro atoms.